The van der Waals surface area contributed by atoms with Crippen molar-refractivity contribution in [3.8, 4) is 11.1 Å². The first-order valence-electron chi connectivity index (χ1n) is 8.51. The van der Waals surface area contributed by atoms with Crippen LogP contribution in [-0.2, 0) is 19.0 Å². The number of rotatable bonds is 3. The van der Waals surface area contributed by atoms with Crippen molar-refractivity contribution < 1.29 is 13.2 Å². The molecule has 1 heterocycles. The Labute approximate surface area is 153 Å². The molecule has 2 nitrogen and oxygen atoms in total. The van der Waals surface area contributed by atoms with E-state index in [4.69, 9.17) is 0 Å². The second kappa shape index (κ2) is 6.76. The summed E-state index contributed by atoms with van der Waals surface area (Å²) < 4.78 is 39.7. The van der Waals surface area contributed by atoms with E-state index in [1.165, 1.54) is 41.0 Å². The van der Waals surface area contributed by atoms with Crippen LogP contribution >= 0.6 is 11.3 Å². The maximum absolute atomic E-state index is 13.2. The number of aromatic nitrogens is 1. The Kier molecular flexibility index (Phi) is 4.44. The third kappa shape index (κ3) is 3.46. The van der Waals surface area contributed by atoms with Crippen molar-refractivity contribution in [1.82, 2.24) is 4.98 Å². The van der Waals surface area contributed by atoms with Crippen LogP contribution in [-0.4, -0.2) is 4.98 Å². The summed E-state index contributed by atoms with van der Waals surface area (Å²) in [6.45, 7) is 0. The fourth-order valence-electron chi connectivity index (χ4n) is 3.37. The predicted molar refractivity (Wildman–Crippen MR) is 98.9 cm³/mol. The molecule has 0 saturated carbocycles. The molecule has 1 aliphatic rings. The Hall–Kier alpha value is -2.34. The van der Waals surface area contributed by atoms with E-state index in [0.717, 1.165) is 30.9 Å². The van der Waals surface area contributed by atoms with E-state index in [1.54, 1.807) is 6.20 Å². The molecule has 4 rings (SSSR count). The van der Waals surface area contributed by atoms with Crippen molar-refractivity contribution in [3.05, 3.63) is 64.7 Å². The Morgan fingerprint density at radius 2 is 1.77 bits per heavy atom. The van der Waals surface area contributed by atoms with Gasteiger partial charge in [-0.05, 0) is 60.6 Å². The lowest BCUT2D eigenvalue weighted by Crippen LogP contribution is -2.06. The summed E-state index contributed by atoms with van der Waals surface area (Å²) in [5.74, 6) is 0. The third-order valence-corrected chi connectivity index (χ3v) is 5.37. The molecule has 3 aromatic rings. The number of aryl methyl sites for hydroxylation is 2. The van der Waals surface area contributed by atoms with Crippen LogP contribution in [0.1, 0.15) is 29.5 Å². The minimum atomic E-state index is -4.37. The lowest BCUT2D eigenvalue weighted by Gasteiger charge is -2.19. The fourth-order valence-corrected chi connectivity index (χ4v) is 3.91. The highest BCUT2D eigenvalue weighted by atomic mass is 32.1. The zero-order valence-electron chi connectivity index (χ0n) is 13.9. The van der Waals surface area contributed by atoms with Crippen LogP contribution in [0.5, 0.6) is 0 Å². The quantitative estimate of drug-likeness (QED) is 0.570. The molecule has 0 aliphatic heterocycles. The number of hydrogen-bond acceptors (Lipinski definition) is 3. The first-order chi connectivity index (χ1) is 12.5. The summed E-state index contributed by atoms with van der Waals surface area (Å²) >= 11 is 1.41. The van der Waals surface area contributed by atoms with Gasteiger partial charge >= 0.3 is 6.18 Å². The second-order valence-electron chi connectivity index (χ2n) is 6.41. The van der Waals surface area contributed by atoms with Gasteiger partial charge in [-0.15, -0.1) is 11.3 Å². The number of nitrogens with zero attached hydrogens (tertiary/aromatic N) is 1. The fraction of sp³-hybridized carbons (Fsp3) is 0.250. The van der Waals surface area contributed by atoms with E-state index in [0.29, 0.717) is 16.4 Å². The van der Waals surface area contributed by atoms with E-state index in [9.17, 15) is 13.2 Å². The molecular formula is C20H17F3N2S. The minimum absolute atomic E-state index is 0.545. The summed E-state index contributed by atoms with van der Waals surface area (Å²) in [5.41, 5.74) is 3.88. The van der Waals surface area contributed by atoms with Gasteiger partial charge in [-0.25, -0.2) is 4.98 Å². The van der Waals surface area contributed by atoms with E-state index in [1.807, 2.05) is 17.5 Å². The number of nitrogens with one attached hydrogen (secondary N) is 1. The van der Waals surface area contributed by atoms with Crippen molar-refractivity contribution in [2.75, 3.05) is 5.32 Å². The van der Waals surface area contributed by atoms with Crippen LogP contribution in [0.4, 0.5) is 24.0 Å². The third-order valence-electron chi connectivity index (χ3n) is 4.68. The standard InChI is InChI=1S/C20H17F3N2S/c21-20(22,23)16-7-8-18(25-19-24-9-10-26-19)17(12-16)15-6-5-13-3-1-2-4-14(13)11-15/h5-12H,1-4H2,(H,24,25). The molecule has 26 heavy (non-hydrogen) atoms. The summed E-state index contributed by atoms with van der Waals surface area (Å²) in [6, 6.07) is 9.83. The van der Waals surface area contributed by atoms with E-state index >= 15 is 0 Å². The van der Waals surface area contributed by atoms with Gasteiger partial charge in [0.2, 0.25) is 0 Å². The molecule has 0 amide bonds. The molecule has 0 unspecified atom stereocenters. The Morgan fingerprint density at radius 1 is 0.962 bits per heavy atom. The average Bonchev–Trinajstić information content (AvgIpc) is 3.14. The molecule has 0 bridgehead atoms. The van der Waals surface area contributed by atoms with Crippen LogP contribution in [0.25, 0.3) is 11.1 Å². The molecule has 0 atom stereocenters. The van der Waals surface area contributed by atoms with Crippen molar-refractivity contribution in [2.45, 2.75) is 31.9 Å². The first-order valence-corrected chi connectivity index (χ1v) is 9.38. The Balaban J connectivity index is 1.81. The van der Waals surface area contributed by atoms with Crippen molar-refractivity contribution in [1.29, 1.82) is 0 Å². The number of alkyl halides is 3. The summed E-state index contributed by atoms with van der Waals surface area (Å²) in [4.78, 5) is 4.17. The number of anilines is 2. The molecule has 2 aromatic carbocycles. The molecular weight excluding hydrogens is 357 g/mol. The van der Waals surface area contributed by atoms with E-state index in [-0.39, 0.29) is 0 Å². The van der Waals surface area contributed by atoms with Crippen molar-refractivity contribution in [2.24, 2.45) is 0 Å². The normalized spacial score (nSPS) is 14.1. The van der Waals surface area contributed by atoms with Crippen LogP contribution in [0.2, 0.25) is 0 Å². The molecule has 1 N–H and O–H groups in total. The number of halogens is 3. The van der Waals surface area contributed by atoms with Gasteiger partial charge in [-0.2, -0.15) is 13.2 Å². The van der Waals surface area contributed by atoms with Gasteiger partial charge in [0, 0.05) is 22.8 Å². The van der Waals surface area contributed by atoms with Crippen LogP contribution in [0, 0.1) is 0 Å². The SMILES string of the molecule is FC(F)(F)c1ccc(Nc2nccs2)c(-c2ccc3c(c2)CCCC3)c1. The Bertz CT molecular complexity index is 917. The summed E-state index contributed by atoms with van der Waals surface area (Å²) in [5, 5.41) is 5.63. The molecule has 0 saturated heterocycles. The van der Waals surface area contributed by atoms with Crippen molar-refractivity contribution >= 4 is 22.2 Å². The van der Waals surface area contributed by atoms with Gasteiger partial charge in [-0.3, -0.25) is 0 Å². The highest BCUT2D eigenvalue weighted by molar-refractivity contribution is 7.13. The van der Waals surface area contributed by atoms with Gasteiger partial charge in [0.25, 0.3) is 0 Å². The molecule has 0 radical (unpaired) electrons. The molecule has 0 fully saturated rings. The number of fused-ring (bicyclic) bond motifs is 1. The van der Waals surface area contributed by atoms with E-state index in [2.05, 4.69) is 16.4 Å². The van der Waals surface area contributed by atoms with Gasteiger partial charge < -0.3 is 5.32 Å². The topological polar surface area (TPSA) is 24.9 Å². The van der Waals surface area contributed by atoms with Gasteiger partial charge in [0.1, 0.15) is 0 Å². The van der Waals surface area contributed by atoms with Gasteiger partial charge in [-0.1, -0.05) is 18.2 Å². The van der Waals surface area contributed by atoms with Gasteiger partial charge in [0.05, 0.1) is 5.56 Å². The number of hydrogen-bond donors (Lipinski definition) is 1. The lowest BCUT2D eigenvalue weighted by molar-refractivity contribution is -0.137. The summed E-state index contributed by atoms with van der Waals surface area (Å²) in [7, 11) is 0. The maximum Gasteiger partial charge on any atom is 0.416 e. The monoisotopic (exact) mass is 374 g/mol. The zero-order valence-corrected chi connectivity index (χ0v) is 14.8. The highest BCUT2D eigenvalue weighted by Crippen LogP contribution is 2.38. The van der Waals surface area contributed by atoms with Gasteiger partial charge in [0.15, 0.2) is 5.13 Å². The molecule has 134 valence electrons. The highest BCUT2D eigenvalue weighted by Gasteiger charge is 2.31. The number of thiazole rings is 1. The zero-order chi connectivity index (χ0) is 18.1. The second-order valence-corrected chi connectivity index (χ2v) is 7.31. The Morgan fingerprint density at radius 3 is 2.50 bits per heavy atom. The minimum Gasteiger partial charge on any atom is -0.331 e. The average molecular weight is 374 g/mol. The van der Waals surface area contributed by atoms with E-state index < -0.39 is 11.7 Å². The molecule has 6 heteroatoms. The first kappa shape index (κ1) is 17.1. The number of benzene rings is 2. The molecule has 1 aromatic heterocycles. The predicted octanol–water partition coefficient (Wildman–Crippen LogP) is 6.45. The van der Waals surface area contributed by atoms with Crippen molar-refractivity contribution in [3.63, 3.8) is 0 Å². The summed E-state index contributed by atoms with van der Waals surface area (Å²) in [6.07, 6.45) is 1.62. The maximum atomic E-state index is 13.2. The van der Waals surface area contributed by atoms with Crippen LogP contribution in [0.15, 0.2) is 48.0 Å². The lowest BCUT2D eigenvalue weighted by atomic mass is 9.88. The molecule has 1 aliphatic carbocycles. The smallest absolute Gasteiger partial charge is 0.331 e. The molecule has 0 spiro atoms. The largest absolute Gasteiger partial charge is 0.416 e. The van der Waals surface area contributed by atoms with Crippen LogP contribution in [0.3, 0.4) is 0 Å². The van der Waals surface area contributed by atoms with Crippen LogP contribution < -0.4 is 5.32 Å².